The van der Waals surface area contributed by atoms with Crippen LogP contribution in [0.4, 0.5) is 4.39 Å². The van der Waals surface area contributed by atoms with Crippen LogP contribution in [-0.2, 0) is 0 Å². The Morgan fingerprint density at radius 1 is 0.522 bits per heavy atom. The van der Waals surface area contributed by atoms with E-state index in [4.69, 9.17) is 0 Å². The summed E-state index contributed by atoms with van der Waals surface area (Å²) in [5.41, 5.74) is 1.79. The number of phenols is 4. The Balaban J connectivity index is 2.03. The molecule has 0 saturated carbocycles. The highest BCUT2D eigenvalue weighted by molar-refractivity contribution is 5.73. The minimum atomic E-state index is -0.514. The SMILES string of the molecule is Oc1ccc(-c2ccc(-c3ccc(O)c(O)c3)c(F)c2)cc1O. The summed E-state index contributed by atoms with van der Waals surface area (Å²) >= 11 is 0. The van der Waals surface area contributed by atoms with E-state index >= 15 is 0 Å². The van der Waals surface area contributed by atoms with Crippen LogP contribution in [0.1, 0.15) is 0 Å². The summed E-state index contributed by atoms with van der Waals surface area (Å²) in [6.45, 7) is 0. The zero-order chi connectivity index (χ0) is 16.6. The average Bonchev–Trinajstić information content (AvgIpc) is 2.53. The molecule has 0 fully saturated rings. The van der Waals surface area contributed by atoms with Crippen LogP contribution in [0.5, 0.6) is 23.0 Å². The fourth-order valence-corrected chi connectivity index (χ4v) is 2.32. The number of hydrogen-bond acceptors (Lipinski definition) is 4. The monoisotopic (exact) mass is 312 g/mol. The molecule has 0 aliphatic heterocycles. The minimum Gasteiger partial charge on any atom is -0.504 e. The van der Waals surface area contributed by atoms with Crippen molar-refractivity contribution in [1.82, 2.24) is 0 Å². The molecule has 0 atom stereocenters. The lowest BCUT2D eigenvalue weighted by atomic mass is 9.99. The third kappa shape index (κ3) is 2.76. The zero-order valence-corrected chi connectivity index (χ0v) is 11.9. The number of aromatic hydroxyl groups is 4. The Hall–Kier alpha value is -3.21. The fraction of sp³-hybridized carbons (Fsp3) is 0. The summed E-state index contributed by atoms with van der Waals surface area (Å²) in [5.74, 6) is -1.64. The number of benzene rings is 3. The molecule has 0 saturated heterocycles. The molecule has 0 aromatic heterocycles. The molecule has 0 heterocycles. The van der Waals surface area contributed by atoms with E-state index in [1.807, 2.05) is 0 Å². The number of halogens is 1. The molecule has 4 N–H and O–H groups in total. The van der Waals surface area contributed by atoms with Crippen molar-refractivity contribution < 1.29 is 24.8 Å². The van der Waals surface area contributed by atoms with Gasteiger partial charge in [-0.3, -0.25) is 0 Å². The third-order valence-electron chi connectivity index (χ3n) is 3.56. The molecule has 0 unspecified atom stereocenters. The summed E-state index contributed by atoms with van der Waals surface area (Å²) < 4.78 is 14.4. The molecule has 3 aromatic carbocycles. The van der Waals surface area contributed by atoms with Gasteiger partial charge in [-0.15, -0.1) is 0 Å². The number of hydrogen-bond donors (Lipinski definition) is 4. The number of rotatable bonds is 2. The van der Waals surface area contributed by atoms with E-state index in [9.17, 15) is 24.8 Å². The molecule has 0 spiro atoms. The van der Waals surface area contributed by atoms with Gasteiger partial charge in [-0.1, -0.05) is 24.3 Å². The van der Waals surface area contributed by atoms with Gasteiger partial charge in [-0.25, -0.2) is 4.39 Å². The van der Waals surface area contributed by atoms with Crippen LogP contribution in [0.2, 0.25) is 0 Å². The van der Waals surface area contributed by atoms with Crippen molar-refractivity contribution in [3.63, 3.8) is 0 Å². The first-order chi connectivity index (χ1) is 11.0. The zero-order valence-electron chi connectivity index (χ0n) is 11.9. The minimum absolute atomic E-state index is 0.245. The van der Waals surface area contributed by atoms with Gasteiger partial charge >= 0.3 is 0 Å². The molecule has 3 aromatic rings. The summed E-state index contributed by atoms with van der Waals surface area (Å²) in [6.07, 6.45) is 0. The molecular weight excluding hydrogens is 299 g/mol. The van der Waals surface area contributed by atoms with E-state index in [2.05, 4.69) is 0 Å². The van der Waals surface area contributed by atoms with Crippen molar-refractivity contribution in [3.05, 3.63) is 60.4 Å². The van der Waals surface area contributed by atoms with E-state index in [-0.39, 0.29) is 28.6 Å². The van der Waals surface area contributed by atoms with E-state index in [1.54, 1.807) is 18.2 Å². The molecule has 116 valence electrons. The second kappa shape index (κ2) is 5.53. The summed E-state index contributed by atoms with van der Waals surface area (Å²) in [7, 11) is 0. The molecule has 0 radical (unpaired) electrons. The first kappa shape index (κ1) is 14.7. The van der Waals surface area contributed by atoms with Gasteiger partial charge in [0.1, 0.15) is 5.82 Å². The van der Waals surface area contributed by atoms with Crippen LogP contribution in [0.15, 0.2) is 54.6 Å². The molecule has 0 aliphatic rings. The maximum absolute atomic E-state index is 14.4. The van der Waals surface area contributed by atoms with Crippen molar-refractivity contribution in [2.24, 2.45) is 0 Å². The van der Waals surface area contributed by atoms with Gasteiger partial charge in [0.15, 0.2) is 23.0 Å². The lowest BCUT2D eigenvalue weighted by molar-refractivity contribution is 0.404. The van der Waals surface area contributed by atoms with E-state index in [0.29, 0.717) is 16.7 Å². The second-order valence-electron chi connectivity index (χ2n) is 5.10. The maximum Gasteiger partial charge on any atom is 0.158 e. The highest BCUT2D eigenvalue weighted by Crippen LogP contribution is 2.35. The molecule has 5 heteroatoms. The highest BCUT2D eigenvalue weighted by Gasteiger charge is 2.10. The maximum atomic E-state index is 14.4. The molecule has 3 rings (SSSR count). The van der Waals surface area contributed by atoms with Crippen molar-refractivity contribution in [1.29, 1.82) is 0 Å². The smallest absolute Gasteiger partial charge is 0.158 e. The van der Waals surface area contributed by atoms with Crippen LogP contribution in [0.25, 0.3) is 22.3 Å². The van der Waals surface area contributed by atoms with Crippen LogP contribution in [0, 0.1) is 5.82 Å². The summed E-state index contributed by atoms with van der Waals surface area (Å²) in [6, 6.07) is 12.8. The van der Waals surface area contributed by atoms with Gasteiger partial charge < -0.3 is 20.4 Å². The summed E-state index contributed by atoms with van der Waals surface area (Å²) in [5, 5.41) is 37.7. The van der Waals surface area contributed by atoms with Crippen molar-refractivity contribution in [2.45, 2.75) is 0 Å². The van der Waals surface area contributed by atoms with Gasteiger partial charge in [0.25, 0.3) is 0 Å². The molecular formula is C18H13FO4. The van der Waals surface area contributed by atoms with Gasteiger partial charge in [0.05, 0.1) is 0 Å². The largest absolute Gasteiger partial charge is 0.504 e. The third-order valence-corrected chi connectivity index (χ3v) is 3.56. The van der Waals surface area contributed by atoms with Gasteiger partial charge in [0.2, 0.25) is 0 Å². The number of phenolic OH excluding ortho intramolecular Hbond substituents is 4. The van der Waals surface area contributed by atoms with E-state index in [1.165, 1.54) is 36.4 Å². The fourth-order valence-electron chi connectivity index (χ4n) is 2.32. The molecule has 0 bridgehead atoms. The Morgan fingerprint density at radius 2 is 1.00 bits per heavy atom. The van der Waals surface area contributed by atoms with Crippen molar-refractivity contribution in [3.8, 4) is 45.3 Å². The lowest BCUT2D eigenvalue weighted by Crippen LogP contribution is -1.87. The quantitative estimate of drug-likeness (QED) is 0.540. The van der Waals surface area contributed by atoms with Crippen LogP contribution < -0.4 is 0 Å². The predicted molar refractivity (Wildman–Crippen MR) is 83.9 cm³/mol. The Bertz CT molecular complexity index is 890. The van der Waals surface area contributed by atoms with Crippen LogP contribution in [0.3, 0.4) is 0 Å². The molecule has 4 nitrogen and oxygen atoms in total. The predicted octanol–water partition coefficient (Wildman–Crippen LogP) is 3.98. The topological polar surface area (TPSA) is 80.9 Å². The van der Waals surface area contributed by atoms with E-state index in [0.717, 1.165) is 0 Å². The molecule has 0 amide bonds. The first-order valence-corrected chi connectivity index (χ1v) is 6.80. The highest BCUT2D eigenvalue weighted by atomic mass is 19.1. The van der Waals surface area contributed by atoms with Gasteiger partial charge in [0, 0.05) is 5.56 Å². The second-order valence-corrected chi connectivity index (χ2v) is 5.10. The molecule has 23 heavy (non-hydrogen) atoms. The van der Waals surface area contributed by atoms with Crippen LogP contribution >= 0.6 is 0 Å². The first-order valence-electron chi connectivity index (χ1n) is 6.80. The Labute approximate surface area is 131 Å². The van der Waals surface area contributed by atoms with Crippen molar-refractivity contribution in [2.75, 3.05) is 0 Å². The summed E-state index contributed by atoms with van der Waals surface area (Å²) in [4.78, 5) is 0. The van der Waals surface area contributed by atoms with E-state index < -0.39 is 5.82 Å². The normalized spacial score (nSPS) is 10.7. The van der Waals surface area contributed by atoms with Gasteiger partial charge in [-0.2, -0.15) is 0 Å². The Morgan fingerprint density at radius 3 is 1.57 bits per heavy atom. The lowest BCUT2D eigenvalue weighted by Gasteiger charge is -2.09. The average molecular weight is 312 g/mol. The van der Waals surface area contributed by atoms with Gasteiger partial charge in [-0.05, 0) is 47.0 Å². The molecule has 0 aliphatic carbocycles. The Kier molecular flexibility index (Phi) is 3.54. The van der Waals surface area contributed by atoms with Crippen LogP contribution in [-0.4, -0.2) is 20.4 Å². The standard InChI is InChI=1S/C18H13FO4/c19-14-7-10(11-2-5-15(20)17(22)8-11)1-4-13(14)12-3-6-16(21)18(23)9-12/h1-9,20-23H. The van der Waals surface area contributed by atoms with Crippen molar-refractivity contribution >= 4 is 0 Å².